The third-order valence-corrected chi connectivity index (χ3v) is 5.85. The molecule has 1 atom stereocenters. The van der Waals surface area contributed by atoms with Crippen molar-refractivity contribution < 1.29 is 17.9 Å². The topological polar surface area (TPSA) is 89.7 Å². The molecule has 0 bridgehead atoms. The van der Waals surface area contributed by atoms with Crippen LogP contribution in [0.2, 0.25) is 0 Å². The molecule has 1 fully saturated rings. The summed E-state index contributed by atoms with van der Waals surface area (Å²) in [4.78, 5) is 11.6. The van der Waals surface area contributed by atoms with Crippen LogP contribution in [0.4, 0.5) is 0 Å². The Kier molecular flexibility index (Phi) is 7.47. The second-order valence-electron chi connectivity index (χ2n) is 5.46. The number of piperidine rings is 1. The predicted octanol–water partition coefficient (Wildman–Crippen LogP) is 1.64. The third kappa shape index (κ3) is 4.67. The highest BCUT2D eigenvalue weighted by Gasteiger charge is 2.29. The van der Waals surface area contributed by atoms with Crippen molar-refractivity contribution in [1.82, 2.24) is 4.31 Å². The van der Waals surface area contributed by atoms with E-state index >= 15 is 0 Å². The van der Waals surface area contributed by atoms with Crippen LogP contribution in [-0.4, -0.2) is 45.4 Å². The lowest BCUT2D eigenvalue weighted by molar-refractivity contribution is 0.0600. The number of nitrogens with two attached hydrogens (primary N) is 1. The Balaban J connectivity index is 0.00000264. The van der Waals surface area contributed by atoms with E-state index in [4.69, 9.17) is 5.73 Å². The standard InChI is InChI=1S/C15H22N2O4S.ClH/c1-21-15(18)13-4-6-14(7-5-13)22(19,20)17-10-2-3-12(11-17)8-9-16;/h4-7,12H,2-3,8-11,16H2,1H3;1H. The molecule has 0 aromatic heterocycles. The smallest absolute Gasteiger partial charge is 0.337 e. The Labute approximate surface area is 143 Å². The maximum absolute atomic E-state index is 12.7. The number of hydrogen-bond acceptors (Lipinski definition) is 5. The molecule has 8 heteroatoms. The Morgan fingerprint density at radius 2 is 2.00 bits per heavy atom. The fourth-order valence-electron chi connectivity index (χ4n) is 2.75. The average molecular weight is 363 g/mol. The van der Waals surface area contributed by atoms with Crippen molar-refractivity contribution >= 4 is 28.4 Å². The molecule has 2 rings (SSSR count). The monoisotopic (exact) mass is 362 g/mol. The van der Waals surface area contributed by atoms with Gasteiger partial charge in [-0.2, -0.15) is 4.31 Å². The summed E-state index contributed by atoms with van der Waals surface area (Å²) in [5.41, 5.74) is 5.91. The lowest BCUT2D eigenvalue weighted by Crippen LogP contribution is -2.40. The molecule has 2 N–H and O–H groups in total. The average Bonchev–Trinajstić information content (AvgIpc) is 2.55. The first-order valence-corrected chi connectivity index (χ1v) is 8.81. The van der Waals surface area contributed by atoms with Crippen LogP contribution < -0.4 is 5.73 Å². The number of hydrogen-bond donors (Lipinski definition) is 1. The fourth-order valence-corrected chi connectivity index (χ4v) is 4.30. The minimum Gasteiger partial charge on any atom is -0.465 e. The van der Waals surface area contributed by atoms with E-state index in [-0.39, 0.29) is 17.3 Å². The van der Waals surface area contributed by atoms with Crippen LogP contribution in [0, 0.1) is 5.92 Å². The number of nitrogens with zero attached hydrogens (tertiary/aromatic N) is 1. The zero-order valence-corrected chi connectivity index (χ0v) is 14.7. The first kappa shape index (κ1) is 19.9. The summed E-state index contributed by atoms with van der Waals surface area (Å²) in [6, 6.07) is 5.85. The molecule has 1 heterocycles. The zero-order chi connectivity index (χ0) is 16.2. The van der Waals surface area contributed by atoms with Crippen molar-refractivity contribution in [2.75, 3.05) is 26.7 Å². The lowest BCUT2D eigenvalue weighted by atomic mass is 9.96. The van der Waals surface area contributed by atoms with Gasteiger partial charge in [0.25, 0.3) is 0 Å². The van der Waals surface area contributed by atoms with Gasteiger partial charge < -0.3 is 10.5 Å². The third-order valence-electron chi connectivity index (χ3n) is 3.97. The fraction of sp³-hybridized carbons (Fsp3) is 0.533. The van der Waals surface area contributed by atoms with E-state index in [1.807, 2.05) is 0 Å². The number of carbonyl (C=O) groups is 1. The van der Waals surface area contributed by atoms with Crippen LogP contribution in [0.15, 0.2) is 29.2 Å². The predicted molar refractivity (Wildman–Crippen MR) is 90.2 cm³/mol. The molecule has 0 aliphatic carbocycles. The minimum absolute atomic E-state index is 0. The normalized spacial score (nSPS) is 19.0. The van der Waals surface area contributed by atoms with Crippen molar-refractivity contribution in [2.24, 2.45) is 11.7 Å². The molecule has 1 aliphatic rings. The highest BCUT2D eigenvalue weighted by molar-refractivity contribution is 7.89. The molecule has 6 nitrogen and oxygen atoms in total. The minimum atomic E-state index is -3.52. The van der Waals surface area contributed by atoms with Crippen molar-refractivity contribution in [2.45, 2.75) is 24.2 Å². The van der Waals surface area contributed by atoms with E-state index in [2.05, 4.69) is 4.74 Å². The molecule has 0 radical (unpaired) electrons. The summed E-state index contributed by atoms with van der Waals surface area (Å²) in [5, 5.41) is 0. The van der Waals surface area contributed by atoms with E-state index < -0.39 is 16.0 Å². The molecule has 0 saturated carbocycles. The molecule has 1 saturated heterocycles. The van der Waals surface area contributed by atoms with Gasteiger partial charge in [-0.3, -0.25) is 0 Å². The SMILES string of the molecule is COC(=O)c1ccc(S(=O)(=O)N2CCCC(CCN)C2)cc1.Cl. The first-order chi connectivity index (χ1) is 10.5. The zero-order valence-electron chi connectivity index (χ0n) is 13.1. The second-order valence-corrected chi connectivity index (χ2v) is 7.40. The van der Waals surface area contributed by atoms with Gasteiger partial charge in [-0.05, 0) is 56.0 Å². The number of carbonyl (C=O) groups excluding carboxylic acids is 1. The molecule has 1 aromatic rings. The molecule has 130 valence electrons. The molecule has 0 spiro atoms. The van der Waals surface area contributed by atoms with Crippen LogP contribution in [0.5, 0.6) is 0 Å². The van der Waals surface area contributed by atoms with Crippen LogP contribution in [-0.2, 0) is 14.8 Å². The maximum Gasteiger partial charge on any atom is 0.337 e. The van der Waals surface area contributed by atoms with Gasteiger partial charge in [0, 0.05) is 13.1 Å². The Morgan fingerprint density at radius 3 is 2.57 bits per heavy atom. The maximum atomic E-state index is 12.7. The van der Waals surface area contributed by atoms with Crippen LogP contribution >= 0.6 is 12.4 Å². The molecule has 23 heavy (non-hydrogen) atoms. The Hall–Kier alpha value is -1.15. The number of rotatable bonds is 5. The highest BCUT2D eigenvalue weighted by atomic mass is 35.5. The van der Waals surface area contributed by atoms with Gasteiger partial charge in [0.15, 0.2) is 0 Å². The van der Waals surface area contributed by atoms with Gasteiger partial charge in [0.1, 0.15) is 0 Å². The molecular formula is C15H23ClN2O4S. The van der Waals surface area contributed by atoms with E-state index in [1.165, 1.54) is 35.7 Å². The molecule has 1 aromatic carbocycles. The number of ether oxygens (including phenoxy) is 1. The van der Waals surface area contributed by atoms with Gasteiger partial charge in [-0.15, -0.1) is 12.4 Å². The second kappa shape index (κ2) is 8.63. The molecule has 1 unspecified atom stereocenters. The summed E-state index contributed by atoms with van der Waals surface area (Å²) in [5.74, 6) is -0.159. The lowest BCUT2D eigenvalue weighted by Gasteiger charge is -2.31. The summed E-state index contributed by atoms with van der Waals surface area (Å²) in [7, 11) is -2.23. The van der Waals surface area contributed by atoms with Crippen LogP contribution in [0.25, 0.3) is 0 Å². The number of sulfonamides is 1. The Bertz CT molecular complexity index is 617. The van der Waals surface area contributed by atoms with Crippen molar-refractivity contribution in [1.29, 1.82) is 0 Å². The highest BCUT2D eigenvalue weighted by Crippen LogP contribution is 2.25. The number of halogens is 1. The number of methoxy groups -OCH3 is 1. The number of esters is 1. The van der Waals surface area contributed by atoms with Gasteiger partial charge in [-0.1, -0.05) is 0 Å². The first-order valence-electron chi connectivity index (χ1n) is 7.37. The molecule has 1 aliphatic heterocycles. The summed E-state index contributed by atoms with van der Waals surface area (Å²) >= 11 is 0. The van der Waals surface area contributed by atoms with E-state index in [0.717, 1.165) is 19.3 Å². The van der Waals surface area contributed by atoms with E-state index in [0.29, 0.717) is 31.1 Å². The van der Waals surface area contributed by atoms with Gasteiger partial charge in [0.2, 0.25) is 10.0 Å². The quantitative estimate of drug-likeness (QED) is 0.804. The van der Waals surface area contributed by atoms with Crippen molar-refractivity contribution in [3.63, 3.8) is 0 Å². The number of benzene rings is 1. The van der Waals surface area contributed by atoms with Crippen LogP contribution in [0.3, 0.4) is 0 Å². The summed E-state index contributed by atoms with van der Waals surface area (Å²) < 4.78 is 31.5. The van der Waals surface area contributed by atoms with Gasteiger partial charge in [0.05, 0.1) is 17.6 Å². The van der Waals surface area contributed by atoms with Crippen LogP contribution in [0.1, 0.15) is 29.6 Å². The van der Waals surface area contributed by atoms with Crippen molar-refractivity contribution in [3.05, 3.63) is 29.8 Å². The Morgan fingerprint density at radius 1 is 1.35 bits per heavy atom. The van der Waals surface area contributed by atoms with Gasteiger partial charge >= 0.3 is 5.97 Å². The summed E-state index contributed by atoms with van der Waals surface area (Å²) in [6.07, 6.45) is 2.71. The van der Waals surface area contributed by atoms with Gasteiger partial charge in [-0.25, -0.2) is 13.2 Å². The van der Waals surface area contributed by atoms with E-state index in [9.17, 15) is 13.2 Å². The molecular weight excluding hydrogens is 340 g/mol. The molecule has 0 amide bonds. The summed E-state index contributed by atoms with van der Waals surface area (Å²) in [6.45, 7) is 1.62. The van der Waals surface area contributed by atoms with Crippen molar-refractivity contribution in [3.8, 4) is 0 Å². The van der Waals surface area contributed by atoms with E-state index in [1.54, 1.807) is 0 Å². The largest absolute Gasteiger partial charge is 0.465 e.